The number of rotatable bonds is 7. The highest BCUT2D eigenvalue weighted by molar-refractivity contribution is 14.0. The summed E-state index contributed by atoms with van der Waals surface area (Å²) in [6, 6.07) is 11.8. The standard InChI is InChI=1S/C20H27N3O3.HI/c1-6-26-18-10-8-16(12-19(18)25-5)23-20(21-3)22-13-15-7-9-17(24-4)14(2)11-15;/h7-12H,6,13H2,1-5H3,(H2,21,22,23);1H. The van der Waals surface area contributed by atoms with E-state index in [1.54, 1.807) is 21.3 Å². The normalized spacial score (nSPS) is 10.6. The number of benzene rings is 2. The third-order valence-corrected chi connectivity index (χ3v) is 3.87. The van der Waals surface area contributed by atoms with Crippen molar-refractivity contribution in [3.05, 3.63) is 47.5 Å². The lowest BCUT2D eigenvalue weighted by molar-refractivity contribution is 0.311. The lowest BCUT2D eigenvalue weighted by atomic mass is 10.1. The van der Waals surface area contributed by atoms with Crippen molar-refractivity contribution in [2.75, 3.05) is 33.2 Å². The Kier molecular flexibility index (Phi) is 9.77. The van der Waals surface area contributed by atoms with Crippen LogP contribution in [0.5, 0.6) is 17.2 Å². The zero-order chi connectivity index (χ0) is 18.9. The van der Waals surface area contributed by atoms with Crippen LogP contribution in [0.2, 0.25) is 0 Å². The molecule has 7 heteroatoms. The van der Waals surface area contributed by atoms with Gasteiger partial charge >= 0.3 is 0 Å². The second-order valence-electron chi connectivity index (χ2n) is 5.65. The average Bonchev–Trinajstić information content (AvgIpc) is 2.66. The molecule has 0 unspecified atom stereocenters. The van der Waals surface area contributed by atoms with Gasteiger partial charge in [-0.3, -0.25) is 4.99 Å². The molecular formula is C20H28IN3O3. The molecule has 0 saturated carbocycles. The molecule has 0 heterocycles. The highest BCUT2D eigenvalue weighted by Gasteiger charge is 2.07. The van der Waals surface area contributed by atoms with E-state index >= 15 is 0 Å². The highest BCUT2D eigenvalue weighted by atomic mass is 127. The van der Waals surface area contributed by atoms with E-state index in [4.69, 9.17) is 14.2 Å². The predicted octanol–water partition coefficient (Wildman–Crippen LogP) is 4.22. The van der Waals surface area contributed by atoms with Crippen LogP contribution in [-0.2, 0) is 6.54 Å². The first-order valence-corrected chi connectivity index (χ1v) is 8.53. The fourth-order valence-electron chi connectivity index (χ4n) is 2.57. The van der Waals surface area contributed by atoms with Crippen LogP contribution in [-0.4, -0.2) is 33.8 Å². The van der Waals surface area contributed by atoms with Crippen LogP contribution in [0.3, 0.4) is 0 Å². The fraction of sp³-hybridized carbons (Fsp3) is 0.350. The van der Waals surface area contributed by atoms with Crippen molar-refractivity contribution in [2.45, 2.75) is 20.4 Å². The molecule has 0 aliphatic carbocycles. The van der Waals surface area contributed by atoms with Gasteiger partial charge in [-0.2, -0.15) is 0 Å². The predicted molar refractivity (Wildman–Crippen MR) is 121 cm³/mol. The molecule has 2 aromatic carbocycles. The second kappa shape index (κ2) is 11.5. The molecule has 0 amide bonds. The summed E-state index contributed by atoms with van der Waals surface area (Å²) in [6.45, 7) is 5.21. The van der Waals surface area contributed by atoms with E-state index in [2.05, 4.69) is 21.7 Å². The SMILES string of the molecule is CCOc1ccc(NC(=NC)NCc2ccc(OC)c(C)c2)cc1OC.I. The second-order valence-corrected chi connectivity index (χ2v) is 5.65. The average molecular weight is 485 g/mol. The number of aliphatic imine (C=N–C) groups is 1. The maximum absolute atomic E-state index is 5.54. The Morgan fingerprint density at radius 2 is 1.70 bits per heavy atom. The summed E-state index contributed by atoms with van der Waals surface area (Å²) in [4.78, 5) is 4.27. The van der Waals surface area contributed by atoms with Crippen LogP contribution in [0.4, 0.5) is 5.69 Å². The molecule has 2 N–H and O–H groups in total. The van der Waals surface area contributed by atoms with Crippen molar-refractivity contribution in [2.24, 2.45) is 4.99 Å². The minimum Gasteiger partial charge on any atom is -0.496 e. The molecule has 0 fully saturated rings. The Balaban J connectivity index is 0.00000364. The van der Waals surface area contributed by atoms with Gasteiger partial charge in [0.1, 0.15) is 5.75 Å². The Labute approximate surface area is 178 Å². The largest absolute Gasteiger partial charge is 0.496 e. The zero-order valence-corrected chi connectivity index (χ0v) is 18.8. The van der Waals surface area contributed by atoms with E-state index < -0.39 is 0 Å². The number of methoxy groups -OCH3 is 2. The van der Waals surface area contributed by atoms with Gasteiger partial charge in [0, 0.05) is 25.3 Å². The minimum atomic E-state index is 0. The van der Waals surface area contributed by atoms with Crippen molar-refractivity contribution in [3.8, 4) is 17.2 Å². The molecule has 0 bridgehead atoms. The number of hydrogen-bond donors (Lipinski definition) is 2. The van der Waals surface area contributed by atoms with E-state index in [-0.39, 0.29) is 24.0 Å². The minimum absolute atomic E-state index is 0. The molecule has 0 aromatic heterocycles. The lowest BCUT2D eigenvalue weighted by Gasteiger charge is -2.15. The topological polar surface area (TPSA) is 64.1 Å². The number of guanidine groups is 1. The zero-order valence-electron chi connectivity index (χ0n) is 16.5. The van der Waals surface area contributed by atoms with E-state index in [0.717, 1.165) is 28.3 Å². The van der Waals surface area contributed by atoms with Crippen molar-refractivity contribution < 1.29 is 14.2 Å². The third kappa shape index (κ3) is 6.50. The summed E-state index contributed by atoms with van der Waals surface area (Å²) in [5.41, 5.74) is 3.12. The summed E-state index contributed by atoms with van der Waals surface area (Å²) >= 11 is 0. The molecule has 27 heavy (non-hydrogen) atoms. The molecule has 2 rings (SSSR count). The number of nitrogens with one attached hydrogen (secondary N) is 2. The summed E-state index contributed by atoms with van der Waals surface area (Å²) in [5.74, 6) is 2.96. The van der Waals surface area contributed by atoms with Crippen molar-refractivity contribution >= 4 is 35.6 Å². The molecule has 0 atom stereocenters. The van der Waals surface area contributed by atoms with Gasteiger partial charge in [-0.05, 0) is 43.2 Å². The molecule has 0 aliphatic rings. The van der Waals surface area contributed by atoms with Crippen molar-refractivity contribution in [1.82, 2.24) is 5.32 Å². The molecule has 0 radical (unpaired) electrons. The Hall–Kier alpha value is -2.16. The van der Waals surface area contributed by atoms with Crippen LogP contribution in [0.15, 0.2) is 41.4 Å². The van der Waals surface area contributed by atoms with Crippen molar-refractivity contribution in [3.63, 3.8) is 0 Å². The smallest absolute Gasteiger partial charge is 0.195 e. The first-order valence-electron chi connectivity index (χ1n) is 8.53. The van der Waals surface area contributed by atoms with Crippen LogP contribution in [0.25, 0.3) is 0 Å². The van der Waals surface area contributed by atoms with Gasteiger partial charge in [0.2, 0.25) is 0 Å². The van der Waals surface area contributed by atoms with E-state index in [9.17, 15) is 0 Å². The molecule has 6 nitrogen and oxygen atoms in total. The Morgan fingerprint density at radius 1 is 1.00 bits per heavy atom. The van der Waals surface area contributed by atoms with Crippen molar-refractivity contribution in [1.29, 1.82) is 0 Å². The highest BCUT2D eigenvalue weighted by Crippen LogP contribution is 2.30. The molecular weight excluding hydrogens is 457 g/mol. The van der Waals surface area contributed by atoms with Crippen LogP contribution < -0.4 is 24.8 Å². The van der Waals surface area contributed by atoms with E-state index in [0.29, 0.717) is 24.9 Å². The number of halogens is 1. The number of nitrogens with zero attached hydrogens (tertiary/aromatic N) is 1. The third-order valence-electron chi connectivity index (χ3n) is 3.87. The van der Waals surface area contributed by atoms with Crippen LogP contribution >= 0.6 is 24.0 Å². The van der Waals surface area contributed by atoms with Gasteiger partial charge in [-0.15, -0.1) is 24.0 Å². The first-order chi connectivity index (χ1) is 12.6. The molecule has 2 aromatic rings. The van der Waals surface area contributed by atoms with E-state index in [1.165, 1.54) is 0 Å². The fourth-order valence-corrected chi connectivity index (χ4v) is 2.57. The quantitative estimate of drug-likeness (QED) is 0.350. The van der Waals surface area contributed by atoms with Gasteiger partial charge < -0.3 is 24.8 Å². The first kappa shape index (κ1) is 22.9. The number of aryl methyl sites for hydroxylation is 1. The van der Waals surface area contributed by atoms with Crippen LogP contribution in [0, 0.1) is 6.92 Å². The molecule has 0 spiro atoms. The Morgan fingerprint density at radius 3 is 2.30 bits per heavy atom. The number of hydrogen-bond acceptors (Lipinski definition) is 4. The number of anilines is 1. The van der Waals surface area contributed by atoms with Gasteiger partial charge in [-0.1, -0.05) is 12.1 Å². The summed E-state index contributed by atoms with van der Waals surface area (Å²) in [7, 11) is 5.04. The molecule has 148 valence electrons. The Bertz CT molecular complexity index is 766. The molecule has 0 aliphatic heterocycles. The maximum atomic E-state index is 5.54. The van der Waals surface area contributed by atoms with Gasteiger partial charge in [0.15, 0.2) is 17.5 Å². The van der Waals surface area contributed by atoms with Crippen LogP contribution in [0.1, 0.15) is 18.1 Å². The summed E-state index contributed by atoms with van der Waals surface area (Å²) < 4.78 is 16.2. The summed E-state index contributed by atoms with van der Waals surface area (Å²) in [6.07, 6.45) is 0. The van der Waals surface area contributed by atoms with Gasteiger partial charge in [0.05, 0.1) is 20.8 Å². The monoisotopic (exact) mass is 485 g/mol. The maximum Gasteiger partial charge on any atom is 0.195 e. The molecule has 0 saturated heterocycles. The lowest BCUT2D eigenvalue weighted by Crippen LogP contribution is -2.30. The van der Waals surface area contributed by atoms with Gasteiger partial charge in [0.25, 0.3) is 0 Å². The van der Waals surface area contributed by atoms with Gasteiger partial charge in [-0.25, -0.2) is 0 Å². The summed E-state index contributed by atoms with van der Waals surface area (Å²) in [5, 5.41) is 6.56. The van der Waals surface area contributed by atoms with E-state index in [1.807, 2.05) is 44.2 Å². The number of ether oxygens (including phenoxy) is 3.